The molecule has 0 N–H and O–H groups in total. The highest BCUT2D eigenvalue weighted by Crippen LogP contribution is 2.35. The van der Waals surface area contributed by atoms with Gasteiger partial charge < -0.3 is 0 Å². The molecule has 1 aliphatic rings. The first kappa shape index (κ1) is 16.7. The van der Waals surface area contributed by atoms with Crippen molar-refractivity contribution in [3.05, 3.63) is 45.9 Å². The maximum Gasteiger partial charge on any atom is 0.272 e. The maximum absolute atomic E-state index is 13.1. The summed E-state index contributed by atoms with van der Waals surface area (Å²) in [4.78, 5) is 18.8. The summed E-state index contributed by atoms with van der Waals surface area (Å²) in [5, 5.41) is 1.69. The van der Waals surface area contributed by atoms with E-state index in [-0.39, 0.29) is 5.56 Å². The molecule has 0 aliphatic carbocycles. The molecule has 0 unspecified atom stereocenters. The molecule has 3 rings (SSSR count). The highest BCUT2D eigenvalue weighted by Gasteiger charge is 2.27. The highest BCUT2D eigenvalue weighted by molar-refractivity contribution is 8.00. The first-order valence-corrected chi connectivity index (χ1v) is 9.81. The number of benzene rings is 1. The van der Waals surface area contributed by atoms with E-state index in [2.05, 4.69) is 27.7 Å². The van der Waals surface area contributed by atoms with Crippen molar-refractivity contribution in [1.82, 2.24) is 9.55 Å². The van der Waals surface area contributed by atoms with Gasteiger partial charge in [-0.25, -0.2) is 4.98 Å². The minimum Gasteiger partial charge on any atom is -0.268 e. The SMILES string of the molecule is CC[C@H](C)Sc1nc2c(c(=O)n1-c1ccc(C)cc1)S[C@@H](C)C2. The zero-order valence-electron chi connectivity index (χ0n) is 14.0. The molecule has 0 saturated heterocycles. The van der Waals surface area contributed by atoms with Crippen LogP contribution in [0, 0.1) is 6.92 Å². The van der Waals surface area contributed by atoms with E-state index in [0.717, 1.165) is 34.3 Å². The Morgan fingerprint density at radius 1 is 1.39 bits per heavy atom. The predicted octanol–water partition coefficient (Wildman–Crippen LogP) is 4.47. The molecule has 0 saturated carbocycles. The van der Waals surface area contributed by atoms with E-state index in [4.69, 9.17) is 4.98 Å². The Balaban J connectivity index is 2.17. The van der Waals surface area contributed by atoms with Crippen LogP contribution in [0.3, 0.4) is 0 Å². The van der Waals surface area contributed by atoms with Gasteiger partial charge in [0.2, 0.25) is 0 Å². The van der Waals surface area contributed by atoms with Gasteiger partial charge in [-0.3, -0.25) is 9.36 Å². The van der Waals surface area contributed by atoms with Crippen LogP contribution in [-0.4, -0.2) is 20.1 Å². The average Bonchev–Trinajstić information content (AvgIpc) is 2.89. The van der Waals surface area contributed by atoms with Gasteiger partial charge in [0.1, 0.15) is 0 Å². The summed E-state index contributed by atoms with van der Waals surface area (Å²) in [5.74, 6) is 0. The van der Waals surface area contributed by atoms with Gasteiger partial charge in [-0.15, -0.1) is 11.8 Å². The number of rotatable bonds is 4. The van der Waals surface area contributed by atoms with Gasteiger partial charge in [0.05, 0.1) is 16.3 Å². The number of aromatic nitrogens is 2. The fraction of sp³-hybridized carbons (Fsp3) is 0.444. The Morgan fingerprint density at radius 3 is 2.74 bits per heavy atom. The monoisotopic (exact) mass is 346 g/mol. The average molecular weight is 347 g/mol. The van der Waals surface area contributed by atoms with Crippen LogP contribution in [-0.2, 0) is 6.42 Å². The van der Waals surface area contributed by atoms with Gasteiger partial charge in [0.25, 0.3) is 5.56 Å². The lowest BCUT2D eigenvalue weighted by Gasteiger charge is -2.16. The van der Waals surface area contributed by atoms with E-state index < -0.39 is 0 Å². The van der Waals surface area contributed by atoms with Crippen molar-refractivity contribution in [1.29, 1.82) is 0 Å². The lowest BCUT2D eigenvalue weighted by molar-refractivity contribution is 0.726. The van der Waals surface area contributed by atoms with Crippen LogP contribution in [0.25, 0.3) is 5.69 Å². The van der Waals surface area contributed by atoms with Gasteiger partial charge in [-0.05, 0) is 25.5 Å². The molecule has 0 spiro atoms. The van der Waals surface area contributed by atoms with E-state index in [9.17, 15) is 4.79 Å². The van der Waals surface area contributed by atoms with E-state index in [1.54, 1.807) is 28.1 Å². The van der Waals surface area contributed by atoms with Crippen molar-refractivity contribution >= 4 is 23.5 Å². The summed E-state index contributed by atoms with van der Waals surface area (Å²) in [7, 11) is 0. The molecule has 1 aliphatic heterocycles. The smallest absolute Gasteiger partial charge is 0.268 e. The fourth-order valence-electron chi connectivity index (χ4n) is 2.56. The number of hydrogen-bond acceptors (Lipinski definition) is 4. The van der Waals surface area contributed by atoms with E-state index in [1.165, 1.54) is 5.56 Å². The molecule has 1 aromatic heterocycles. The molecule has 0 fully saturated rings. The molecule has 0 bridgehead atoms. The van der Waals surface area contributed by atoms with E-state index in [1.807, 2.05) is 24.3 Å². The standard InChI is InChI=1S/C18H22N2OS2/c1-5-12(3)23-18-19-15-10-13(4)22-16(15)17(21)20(18)14-8-6-11(2)7-9-14/h6-9,12-13H,5,10H2,1-4H3/t12-,13-/m0/s1. The highest BCUT2D eigenvalue weighted by atomic mass is 32.2. The van der Waals surface area contributed by atoms with Crippen molar-refractivity contribution in [2.24, 2.45) is 0 Å². The summed E-state index contributed by atoms with van der Waals surface area (Å²) in [6.45, 7) is 8.56. The molecule has 5 heteroatoms. The van der Waals surface area contributed by atoms with Crippen LogP contribution in [0.15, 0.2) is 39.1 Å². The van der Waals surface area contributed by atoms with Gasteiger partial charge in [-0.2, -0.15) is 0 Å². The Hall–Kier alpha value is -1.20. The molecule has 0 radical (unpaired) electrons. The Morgan fingerprint density at radius 2 is 2.09 bits per heavy atom. The summed E-state index contributed by atoms with van der Waals surface area (Å²) in [5.41, 5.74) is 3.15. The molecule has 1 aromatic carbocycles. The van der Waals surface area contributed by atoms with Crippen LogP contribution in [0.1, 0.15) is 38.4 Å². The lowest BCUT2D eigenvalue weighted by atomic mass is 10.2. The van der Waals surface area contributed by atoms with Gasteiger partial charge in [0, 0.05) is 16.9 Å². The topological polar surface area (TPSA) is 34.9 Å². The molecule has 2 atom stereocenters. The van der Waals surface area contributed by atoms with Crippen LogP contribution in [0.5, 0.6) is 0 Å². The van der Waals surface area contributed by atoms with Crippen molar-refractivity contribution in [3.8, 4) is 5.69 Å². The minimum atomic E-state index is 0.0824. The van der Waals surface area contributed by atoms with Gasteiger partial charge in [0.15, 0.2) is 5.16 Å². The van der Waals surface area contributed by atoms with Crippen molar-refractivity contribution in [3.63, 3.8) is 0 Å². The lowest BCUT2D eigenvalue weighted by Crippen LogP contribution is -2.24. The Kier molecular flexibility index (Phi) is 4.87. The third-order valence-corrected chi connectivity index (χ3v) is 6.49. The molecular weight excluding hydrogens is 324 g/mol. The Bertz CT molecular complexity index is 768. The molecule has 2 heterocycles. The third kappa shape index (κ3) is 3.36. The molecule has 23 heavy (non-hydrogen) atoms. The second-order valence-corrected chi connectivity index (χ2v) is 8.97. The number of thioether (sulfide) groups is 2. The molecule has 3 nitrogen and oxygen atoms in total. The first-order valence-electron chi connectivity index (χ1n) is 8.06. The largest absolute Gasteiger partial charge is 0.272 e. The zero-order valence-corrected chi connectivity index (χ0v) is 15.6. The van der Waals surface area contributed by atoms with Crippen molar-refractivity contribution < 1.29 is 0 Å². The second-order valence-electron chi connectivity index (χ2n) is 6.12. The van der Waals surface area contributed by atoms with Crippen LogP contribution in [0.4, 0.5) is 0 Å². The Labute approximate surface area is 145 Å². The third-order valence-electron chi connectivity index (χ3n) is 4.05. The van der Waals surface area contributed by atoms with Crippen molar-refractivity contribution in [2.75, 3.05) is 0 Å². The van der Waals surface area contributed by atoms with Crippen LogP contribution < -0.4 is 5.56 Å². The van der Waals surface area contributed by atoms with Gasteiger partial charge in [-0.1, -0.05) is 50.2 Å². The summed E-state index contributed by atoms with van der Waals surface area (Å²) < 4.78 is 1.79. The second kappa shape index (κ2) is 6.73. The number of hydrogen-bond donors (Lipinski definition) is 0. The number of aryl methyl sites for hydroxylation is 1. The minimum absolute atomic E-state index is 0.0824. The van der Waals surface area contributed by atoms with E-state index >= 15 is 0 Å². The van der Waals surface area contributed by atoms with E-state index in [0.29, 0.717) is 10.5 Å². The molecular formula is C18H22N2OS2. The summed E-state index contributed by atoms with van der Waals surface area (Å²) in [6, 6.07) is 8.11. The van der Waals surface area contributed by atoms with Crippen molar-refractivity contribution in [2.45, 2.75) is 61.1 Å². The summed E-state index contributed by atoms with van der Waals surface area (Å²) >= 11 is 3.35. The normalized spacial score (nSPS) is 18.0. The number of fused-ring (bicyclic) bond motifs is 1. The van der Waals surface area contributed by atoms with Crippen LogP contribution >= 0.6 is 23.5 Å². The maximum atomic E-state index is 13.1. The predicted molar refractivity (Wildman–Crippen MR) is 99.2 cm³/mol. The quantitative estimate of drug-likeness (QED) is 0.604. The fourth-order valence-corrected chi connectivity index (χ4v) is 4.65. The zero-order chi connectivity index (χ0) is 16.6. The first-order chi connectivity index (χ1) is 11.0. The molecule has 122 valence electrons. The number of nitrogens with zero attached hydrogens (tertiary/aromatic N) is 2. The van der Waals surface area contributed by atoms with Crippen LogP contribution in [0.2, 0.25) is 0 Å². The molecule has 2 aromatic rings. The van der Waals surface area contributed by atoms with Gasteiger partial charge >= 0.3 is 0 Å². The molecule has 0 amide bonds. The summed E-state index contributed by atoms with van der Waals surface area (Å²) in [6.07, 6.45) is 1.94.